The summed E-state index contributed by atoms with van der Waals surface area (Å²) in [6.07, 6.45) is 8.53. The highest BCUT2D eigenvalue weighted by atomic mass is 16.5. The van der Waals surface area contributed by atoms with Crippen molar-refractivity contribution < 1.29 is 23.9 Å². The van der Waals surface area contributed by atoms with Crippen LogP contribution in [0.3, 0.4) is 0 Å². The van der Waals surface area contributed by atoms with Crippen molar-refractivity contribution in [1.82, 2.24) is 0 Å². The second-order valence-corrected chi connectivity index (χ2v) is 11.1. The minimum atomic E-state index is -0.132. The van der Waals surface area contributed by atoms with Gasteiger partial charge in [-0.3, -0.25) is 14.4 Å². The van der Waals surface area contributed by atoms with Crippen molar-refractivity contribution in [2.75, 3.05) is 6.61 Å². The van der Waals surface area contributed by atoms with Gasteiger partial charge in [-0.25, -0.2) is 0 Å². The summed E-state index contributed by atoms with van der Waals surface area (Å²) in [6, 6.07) is 0. The second kappa shape index (κ2) is 8.51. The molecule has 0 aromatic rings. The summed E-state index contributed by atoms with van der Waals surface area (Å²) in [5, 5.41) is 0. The highest BCUT2D eigenvalue weighted by Crippen LogP contribution is 2.67. The van der Waals surface area contributed by atoms with E-state index in [0.717, 1.165) is 38.5 Å². The first-order valence-electron chi connectivity index (χ1n) is 12.6. The molecule has 4 aliphatic rings. The highest BCUT2D eigenvalue weighted by Gasteiger charge is 2.64. The van der Waals surface area contributed by atoms with E-state index < -0.39 is 0 Å². The number of carbonyl (C=O) groups excluding carboxylic acids is 3. The summed E-state index contributed by atoms with van der Waals surface area (Å²) in [4.78, 5) is 36.7. The Morgan fingerprint density at radius 2 is 1.71 bits per heavy atom. The van der Waals surface area contributed by atoms with Crippen LogP contribution >= 0.6 is 0 Å². The third kappa shape index (κ3) is 3.64. The highest BCUT2D eigenvalue weighted by molar-refractivity contribution is 5.80. The zero-order valence-electron chi connectivity index (χ0n) is 19.8. The van der Waals surface area contributed by atoms with E-state index in [1.54, 1.807) is 0 Å². The first-order valence-corrected chi connectivity index (χ1v) is 12.6. The van der Waals surface area contributed by atoms with E-state index in [0.29, 0.717) is 61.7 Å². The fourth-order valence-electron chi connectivity index (χ4n) is 8.33. The topological polar surface area (TPSA) is 69.7 Å². The van der Waals surface area contributed by atoms with Gasteiger partial charge in [0, 0.05) is 36.5 Å². The molecule has 0 spiro atoms. The van der Waals surface area contributed by atoms with E-state index in [4.69, 9.17) is 9.47 Å². The van der Waals surface area contributed by atoms with Crippen molar-refractivity contribution in [3.8, 4) is 0 Å². The van der Waals surface area contributed by atoms with E-state index in [9.17, 15) is 14.4 Å². The van der Waals surface area contributed by atoms with Gasteiger partial charge in [-0.15, -0.1) is 0 Å². The Hall–Kier alpha value is -1.39. The molecule has 4 saturated carbocycles. The largest absolute Gasteiger partial charge is 0.465 e. The van der Waals surface area contributed by atoms with Crippen LogP contribution in [0.1, 0.15) is 91.9 Å². The predicted octanol–water partition coefficient (Wildman–Crippen LogP) is 5.10. The molecule has 0 N–H and O–H groups in total. The van der Waals surface area contributed by atoms with Gasteiger partial charge in [0.15, 0.2) is 0 Å². The minimum Gasteiger partial charge on any atom is -0.465 e. The fraction of sp³-hybridized carbons (Fsp3) is 0.885. The molecule has 0 aromatic carbocycles. The van der Waals surface area contributed by atoms with Crippen molar-refractivity contribution in [3.05, 3.63) is 0 Å². The molecule has 4 aliphatic carbocycles. The molecule has 31 heavy (non-hydrogen) atoms. The van der Waals surface area contributed by atoms with Crippen LogP contribution in [0.2, 0.25) is 0 Å². The van der Waals surface area contributed by atoms with Gasteiger partial charge in [-0.1, -0.05) is 27.7 Å². The molecule has 0 heterocycles. The molecule has 0 radical (unpaired) electrons. The summed E-state index contributed by atoms with van der Waals surface area (Å²) in [7, 11) is 0. The smallest absolute Gasteiger partial charge is 0.305 e. The van der Waals surface area contributed by atoms with Gasteiger partial charge >= 0.3 is 11.9 Å². The second-order valence-electron chi connectivity index (χ2n) is 11.1. The molecule has 174 valence electrons. The molecule has 0 amide bonds. The van der Waals surface area contributed by atoms with Gasteiger partial charge < -0.3 is 9.47 Å². The quantitative estimate of drug-likeness (QED) is 0.565. The van der Waals surface area contributed by atoms with Crippen LogP contribution < -0.4 is 0 Å². The van der Waals surface area contributed by atoms with Crippen molar-refractivity contribution >= 4 is 17.7 Å². The Bertz CT molecular complexity index is 731. The molecule has 0 saturated heterocycles. The van der Waals surface area contributed by atoms with Gasteiger partial charge in [-0.05, 0) is 68.1 Å². The number of fused-ring (bicyclic) bond motifs is 5. The van der Waals surface area contributed by atoms with E-state index in [1.807, 2.05) is 13.8 Å². The molecule has 0 bridgehead atoms. The molecule has 4 rings (SSSR count). The Balaban J connectivity index is 1.63. The van der Waals surface area contributed by atoms with E-state index in [-0.39, 0.29) is 34.8 Å². The van der Waals surface area contributed by atoms with Gasteiger partial charge in [0.25, 0.3) is 0 Å². The summed E-state index contributed by atoms with van der Waals surface area (Å²) in [6.45, 7) is 8.75. The van der Waals surface area contributed by atoms with Crippen molar-refractivity contribution in [3.63, 3.8) is 0 Å². The Labute approximate surface area is 187 Å². The molecule has 0 unspecified atom stereocenters. The van der Waals surface area contributed by atoms with Crippen LogP contribution in [-0.4, -0.2) is 30.4 Å². The van der Waals surface area contributed by atoms with Gasteiger partial charge in [0.1, 0.15) is 11.9 Å². The molecule has 5 nitrogen and oxygen atoms in total. The number of rotatable bonds is 5. The number of ether oxygens (including phenoxy) is 2. The first kappa shape index (κ1) is 22.8. The van der Waals surface area contributed by atoms with Crippen LogP contribution in [0.25, 0.3) is 0 Å². The molecular weight excluding hydrogens is 392 g/mol. The maximum absolute atomic E-state index is 12.5. The van der Waals surface area contributed by atoms with Crippen LogP contribution in [-0.2, 0) is 23.9 Å². The SMILES string of the molecule is CCC(=O)OC[C@]12[C@@H](CC[C@H]3[C@@H]4CC[C@H](OC(=O)CC)[C@@]4(C)CC[C@@H]31)CC(=O)C[C@@H]2C. The average Bonchev–Trinajstić information content (AvgIpc) is 3.08. The van der Waals surface area contributed by atoms with Crippen molar-refractivity contribution in [2.24, 2.45) is 40.4 Å². The lowest BCUT2D eigenvalue weighted by Crippen LogP contribution is -2.60. The summed E-state index contributed by atoms with van der Waals surface area (Å²) in [5.41, 5.74) is -0.0327. The monoisotopic (exact) mass is 432 g/mol. The Morgan fingerprint density at radius 3 is 2.42 bits per heavy atom. The maximum Gasteiger partial charge on any atom is 0.305 e. The predicted molar refractivity (Wildman–Crippen MR) is 117 cm³/mol. The lowest BCUT2D eigenvalue weighted by molar-refractivity contribution is -0.188. The normalized spacial score (nSPS) is 44.1. The standard InChI is InChI=1S/C26H40O5/c1-5-23(28)30-15-26-16(3)13-18(27)14-17(26)7-8-19-20-9-10-22(31-24(29)6-2)25(20,4)12-11-21(19)26/h16-17,19-22H,5-15H2,1-4H3/t16-,17-,19-,20-,21-,22-,25-,26-/m0/s1. The van der Waals surface area contributed by atoms with E-state index in [1.165, 1.54) is 0 Å². The summed E-state index contributed by atoms with van der Waals surface area (Å²) < 4.78 is 11.8. The Kier molecular flexibility index (Phi) is 6.26. The third-order valence-electron chi connectivity index (χ3n) is 9.91. The third-order valence-corrected chi connectivity index (χ3v) is 9.91. The van der Waals surface area contributed by atoms with Crippen molar-refractivity contribution in [1.29, 1.82) is 0 Å². The maximum atomic E-state index is 12.5. The van der Waals surface area contributed by atoms with Crippen LogP contribution in [0.5, 0.6) is 0 Å². The zero-order valence-corrected chi connectivity index (χ0v) is 19.8. The zero-order chi connectivity index (χ0) is 22.4. The van der Waals surface area contributed by atoms with Crippen LogP contribution in [0.4, 0.5) is 0 Å². The average molecular weight is 433 g/mol. The number of Topliss-reactive ketones (excluding diaryl/α,β-unsaturated/α-hetero) is 1. The molecular formula is C26H40O5. The lowest BCUT2D eigenvalue weighted by Gasteiger charge is -2.62. The molecule has 0 aliphatic heterocycles. The number of esters is 2. The fourth-order valence-corrected chi connectivity index (χ4v) is 8.33. The lowest BCUT2D eigenvalue weighted by atomic mass is 9.42. The summed E-state index contributed by atoms with van der Waals surface area (Å²) in [5.74, 6) is 2.33. The van der Waals surface area contributed by atoms with Crippen LogP contribution in [0, 0.1) is 40.4 Å². The first-order chi connectivity index (χ1) is 14.8. The number of ketones is 1. The van der Waals surface area contributed by atoms with E-state index >= 15 is 0 Å². The number of carbonyl (C=O) groups is 3. The van der Waals surface area contributed by atoms with Gasteiger partial charge in [0.2, 0.25) is 0 Å². The molecule has 0 aromatic heterocycles. The van der Waals surface area contributed by atoms with Crippen LogP contribution in [0.15, 0.2) is 0 Å². The van der Waals surface area contributed by atoms with E-state index in [2.05, 4.69) is 13.8 Å². The van der Waals surface area contributed by atoms with Gasteiger partial charge in [0.05, 0.1) is 6.61 Å². The number of hydrogen-bond donors (Lipinski definition) is 0. The summed E-state index contributed by atoms with van der Waals surface area (Å²) >= 11 is 0. The molecule has 8 atom stereocenters. The molecule has 4 fully saturated rings. The minimum absolute atomic E-state index is 0.0304. The van der Waals surface area contributed by atoms with Crippen molar-refractivity contribution in [2.45, 2.75) is 98.0 Å². The number of hydrogen-bond acceptors (Lipinski definition) is 5. The van der Waals surface area contributed by atoms with Gasteiger partial charge in [-0.2, -0.15) is 0 Å². The Morgan fingerprint density at radius 1 is 0.968 bits per heavy atom. The molecule has 5 heteroatoms.